The lowest BCUT2D eigenvalue weighted by molar-refractivity contribution is 0.369. The van der Waals surface area contributed by atoms with Crippen LogP contribution in [0.15, 0.2) is 167 Å². The number of aryl methyl sites for hydroxylation is 1. The van der Waals surface area contributed by atoms with Crippen molar-refractivity contribution in [3.8, 4) is 44.5 Å². The van der Waals surface area contributed by atoms with Gasteiger partial charge >= 0.3 is 0 Å². The maximum Gasteiger partial charge on any atom is 0.144 e. The van der Waals surface area contributed by atoms with Gasteiger partial charge in [-0.15, -0.1) is 0 Å². The lowest BCUT2D eigenvalue weighted by atomic mass is 9.62. The van der Waals surface area contributed by atoms with Gasteiger partial charge in [-0.05, 0) is 182 Å². The topological polar surface area (TPSA) is 29.5 Å². The van der Waals surface area contributed by atoms with E-state index in [0.29, 0.717) is 0 Å². The van der Waals surface area contributed by atoms with Crippen LogP contribution in [0.5, 0.6) is 0 Å². The van der Waals surface area contributed by atoms with Crippen molar-refractivity contribution in [1.82, 2.24) is 0 Å². The monoisotopic (exact) mass is 1240 g/mol. The first kappa shape index (κ1) is 62.5. The normalized spacial score (nSPS) is 15.4. The van der Waals surface area contributed by atoms with Crippen molar-refractivity contribution in [2.75, 3.05) is 4.90 Å². The summed E-state index contributed by atoms with van der Waals surface area (Å²) >= 11 is 0. The smallest absolute Gasteiger partial charge is 0.144 e. The number of fused-ring (bicyclic) bond motifs is 22. The Morgan fingerprint density at radius 1 is 0.330 bits per heavy atom. The fraction of sp³-hybridized carbons (Fsp3) is 0.407. The largest absolute Gasteiger partial charge is 0.456 e. The predicted molar refractivity (Wildman–Crippen MR) is 401 cm³/mol. The summed E-state index contributed by atoms with van der Waals surface area (Å²) in [4.78, 5) is 2.66. The molecule has 2 heterocycles. The molecule has 0 unspecified atom stereocenters. The maximum atomic E-state index is 7.55. The van der Waals surface area contributed by atoms with Gasteiger partial charge in [-0.2, -0.15) is 0 Å². The Morgan fingerprint density at radius 3 is 1.43 bits per heavy atom. The van der Waals surface area contributed by atoms with E-state index in [2.05, 4.69) is 225 Å². The molecule has 0 atom stereocenters. The number of furan rings is 2. The van der Waals surface area contributed by atoms with E-state index in [1.54, 1.807) is 22.3 Å². The van der Waals surface area contributed by atoms with E-state index < -0.39 is 0 Å². The second kappa shape index (κ2) is 25.2. The molecule has 15 rings (SSSR count). The molecule has 0 radical (unpaired) electrons. The molecule has 3 heteroatoms. The van der Waals surface area contributed by atoms with Gasteiger partial charge in [0.2, 0.25) is 0 Å². The minimum absolute atomic E-state index is 0.136. The number of unbranched alkanes of at least 4 members (excludes halogenated alkanes) is 16. The summed E-state index contributed by atoms with van der Waals surface area (Å²) in [7, 11) is 0. The summed E-state index contributed by atoms with van der Waals surface area (Å²) in [5, 5.41) is 5.03. The molecule has 94 heavy (non-hydrogen) atoms. The zero-order valence-electron chi connectivity index (χ0n) is 58.2. The Bertz CT molecular complexity index is 4640. The minimum atomic E-state index is -0.272. The van der Waals surface area contributed by atoms with Crippen molar-refractivity contribution in [1.29, 1.82) is 0 Å². The van der Waals surface area contributed by atoms with Crippen LogP contribution in [0.1, 0.15) is 260 Å². The highest BCUT2D eigenvalue weighted by atomic mass is 16.3. The molecular weight excluding hydrogens is 1140 g/mol. The standard InChI is InChI=1S/C91H101NO2/c1-10-14-18-22-34-52-90(53-35-23-19-15-11-2)70-42-30-27-39-64(70)84-86(90)85-82(83-67-41-29-33-45-78(67)94-87(83)84)65-49-47-62(57-75(65)91(85,54-36-24-20-16-12-3)55-37-25-21-17-13-4)92(76-43-31-26-38-60(76)5)61-46-48-63-68-58-74-69(59-73(68)89(8,9)72(63)56-61)80-71(88(74,6)7)50-51-79-81(80)66-40-28-32-44-77(66)93-79/h26-33,38-51,56-59H,10-25,34-37,52-55H2,1-9H3. The number of hydrogen-bond acceptors (Lipinski definition) is 3. The molecule has 0 spiro atoms. The Morgan fingerprint density at radius 2 is 0.798 bits per heavy atom. The van der Waals surface area contributed by atoms with Gasteiger partial charge < -0.3 is 13.7 Å². The highest BCUT2D eigenvalue weighted by Crippen LogP contribution is 2.68. The van der Waals surface area contributed by atoms with Crippen molar-refractivity contribution < 1.29 is 8.83 Å². The summed E-state index contributed by atoms with van der Waals surface area (Å²) in [5.41, 5.74) is 31.4. The highest BCUT2D eigenvalue weighted by Gasteiger charge is 2.54. The van der Waals surface area contributed by atoms with Crippen LogP contribution in [-0.2, 0) is 21.7 Å². The quantitative estimate of drug-likeness (QED) is 0.0481. The zero-order chi connectivity index (χ0) is 64.5. The van der Waals surface area contributed by atoms with Gasteiger partial charge in [0, 0.05) is 65.8 Å². The molecule has 0 bridgehead atoms. The summed E-state index contributed by atoms with van der Waals surface area (Å²) in [6.07, 6.45) is 30.0. The summed E-state index contributed by atoms with van der Waals surface area (Å²) in [6.45, 7) is 21.6. The number of rotatable bonds is 27. The molecule has 482 valence electrons. The third kappa shape index (κ3) is 9.90. The number of benzene rings is 9. The Kier molecular flexibility index (Phi) is 16.7. The second-order valence-corrected chi connectivity index (χ2v) is 30.4. The number of hydrogen-bond donors (Lipinski definition) is 0. The fourth-order valence-electron chi connectivity index (χ4n) is 19.2. The average Bonchev–Trinajstić information content (AvgIpc) is 1.50. The zero-order valence-corrected chi connectivity index (χ0v) is 58.2. The molecule has 3 nitrogen and oxygen atoms in total. The number of nitrogens with zero attached hydrogens (tertiary/aromatic N) is 1. The molecular formula is C91H101NO2. The van der Waals surface area contributed by atoms with E-state index in [-0.39, 0.29) is 21.7 Å². The van der Waals surface area contributed by atoms with Crippen LogP contribution >= 0.6 is 0 Å². The molecule has 0 amide bonds. The van der Waals surface area contributed by atoms with Crippen LogP contribution < -0.4 is 4.90 Å². The predicted octanol–water partition coefficient (Wildman–Crippen LogP) is 27.9. The van der Waals surface area contributed by atoms with Crippen molar-refractivity contribution in [2.45, 2.75) is 238 Å². The van der Waals surface area contributed by atoms with E-state index in [1.807, 2.05) is 0 Å². The Labute approximate surface area is 561 Å². The second-order valence-electron chi connectivity index (χ2n) is 30.4. The van der Waals surface area contributed by atoms with Gasteiger partial charge in [0.15, 0.2) is 0 Å². The van der Waals surface area contributed by atoms with E-state index in [4.69, 9.17) is 8.83 Å². The van der Waals surface area contributed by atoms with Crippen molar-refractivity contribution in [3.63, 3.8) is 0 Å². The minimum Gasteiger partial charge on any atom is -0.456 e. The number of para-hydroxylation sites is 3. The molecule has 0 N–H and O–H groups in total. The molecule has 0 saturated carbocycles. The van der Waals surface area contributed by atoms with Gasteiger partial charge in [0.05, 0.1) is 0 Å². The first-order valence-electron chi connectivity index (χ1n) is 37.3. The van der Waals surface area contributed by atoms with Crippen LogP contribution in [0.3, 0.4) is 0 Å². The van der Waals surface area contributed by atoms with Gasteiger partial charge in [-0.25, -0.2) is 0 Å². The van der Waals surface area contributed by atoms with Crippen molar-refractivity contribution >= 4 is 60.9 Å². The molecule has 0 aliphatic heterocycles. The molecule has 9 aromatic carbocycles. The van der Waals surface area contributed by atoms with Crippen molar-refractivity contribution in [3.05, 3.63) is 208 Å². The third-order valence-corrected chi connectivity index (χ3v) is 23.9. The molecule has 4 aliphatic rings. The van der Waals surface area contributed by atoms with E-state index in [9.17, 15) is 0 Å². The van der Waals surface area contributed by atoms with E-state index >= 15 is 0 Å². The molecule has 0 saturated heterocycles. The first-order valence-corrected chi connectivity index (χ1v) is 37.3. The third-order valence-electron chi connectivity index (χ3n) is 23.9. The average molecular weight is 1240 g/mol. The molecule has 2 aromatic heterocycles. The summed E-state index contributed by atoms with van der Waals surface area (Å²) in [6, 6.07) is 61.8. The van der Waals surface area contributed by atoms with Crippen molar-refractivity contribution in [2.24, 2.45) is 0 Å². The molecule has 4 aliphatic carbocycles. The van der Waals surface area contributed by atoms with Gasteiger partial charge in [0.25, 0.3) is 0 Å². The summed E-state index contributed by atoms with van der Waals surface area (Å²) < 4.78 is 14.1. The SMILES string of the molecule is CCCCCCCC1(CCCCCCC)c2ccccc2-c2c1c1c(c3c2oc2ccccc23)-c2ccc(N(c3ccc4c(c3)C(C)(C)c3cc5c(cc3-4)C(C)(C)c3ccc4oc6ccccc6c4c3-5)c3ccccc3C)cc2C1(CCCCCCC)CCCCCCC. The van der Waals surface area contributed by atoms with Gasteiger partial charge in [-0.3, -0.25) is 0 Å². The van der Waals surface area contributed by atoms with E-state index in [1.165, 1.54) is 252 Å². The Hall–Kier alpha value is -7.62. The van der Waals surface area contributed by atoms with Gasteiger partial charge in [-0.1, -0.05) is 281 Å². The summed E-state index contributed by atoms with van der Waals surface area (Å²) in [5.74, 6) is 0. The van der Waals surface area contributed by atoms with E-state index in [0.717, 1.165) is 35.2 Å². The van der Waals surface area contributed by atoms with Crippen LogP contribution in [0.25, 0.3) is 88.4 Å². The lowest BCUT2D eigenvalue weighted by Crippen LogP contribution is -2.33. The number of anilines is 3. The highest BCUT2D eigenvalue weighted by molar-refractivity contribution is 6.21. The fourth-order valence-corrected chi connectivity index (χ4v) is 19.2. The van der Waals surface area contributed by atoms with Gasteiger partial charge in [0.1, 0.15) is 22.3 Å². The lowest BCUT2D eigenvalue weighted by Gasteiger charge is -2.40. The van der Waals surface area contributed by atoms with Crippen LogP contribution in [0.2, 0.25) is 0 Å². The molecule has 0 fully saturated rings. The first-order chi connectivity index (χ1) is 45.9. The molecule has 11 aromatic rings. The maximum absolute atomic E-state index is 7.55. The Balaban J connectivity index is 0.951. The van der Waals surface area contributed by atoms with Crippen LogP contribution in [-0.4, -0.2) is 0 Å². The van der Waals surface area contributed by atoms with Crippen LogP contribution in [0, 0.1) is 6.92 Å². The van der Waals surface area contributed by atoms with Crippen LogP contribution in [0.4, 0.5) is 17.1 Å².